The van der Waals surface area contributed by atoms with E-state index in [-0.39, 0.29) is 23.6 Å². The van der Waals surface area contributed by atoms with E-state index in [2.05, 4.69) is 26.2 Å². The number of rotatable bonds is 28. The smallest absolute Gasteiger partial charge is 0.220 e. The van der Waals surface area contributed by atoms with Gasteiger partial charge in [0.15, 0.2) is 0 Å². The highest BCUT2D eigenvalue weighted by molar-refractivity contribution is 8.00. The van der Waals surface area contributed by atoms with Gasteiger partial charge in [-0.05, 0) is 65.6 Å². The summed E-state index contributed by atoms with van der Waals surface area (Å²) >= 11 is 1.97. The third-order valence-electron chi connectivity index (χ3n) is 7.88. The standard InChI is InChI=1S/C32H59N5O7S/c1-37(2)17-6-5-14-33-30(39)12-7-13-31(40)35-16-9-19-43-21-23-44-22-20-42-18-8-15-34-29(38)11-4-3-10-28-26-24-32(41)36-27(26)25-45-28/h26-28H,3-25H2,1-2H3,(H,33,39)(H,34,38)(H,35,40)(H,36,41)/t26-,27-,28-/m0/s1. The second kappa shape index (κ2) is 25.2. The number of carbonyl (C=O) groups is 4. The predicted molar refractivity (Wildman–Crippen MR) is 177 cm³/mol. The summed E-state index contributed by atoms with van der Waals surface area (Å²) in [5.41, 5.74) is 0. The molecular weight excluding hydrogens is 598 g/mol. The second-order valence-corrected chi connectivity index (χ2v) is 13.4. The topological polar surface area (TPSA) is 147 Å². The lowest BCUT2D eigenvalue weighted by atomic mass is 9.94. The van der Waals surface area contributed by atoms with Gasteiger partial charge in [0.05, 0.1) is 26.4 Å². The number of carbonyl (C=O) groups excluding carboxylic acids is 4. The largest absolute Gasteiger partial charge is 0.379 e. The fourth-order valence-corrected chi connectivity index (χ4v) is 7.02. The van der Waals surface area contributed by atoms with Crippen molar-refractivity contribution < 1.29 is 33.4 Å². The summed E-state index contributed by atoms with van der Waals surface area (Å²) in [6.45, 7) is 5.95. The molecule has 2 aliphatic rings. The number of hydrogen-bond donors (Lipinski definition) is 4. The lowest BCUT2D eigenvalue weighted by molar-refractivity contribution is -0.123. The molecule has 45 heavy (non-hydrogen) atoms. The monoisotopic (exact) mass is 657 g/mol. The van der Waals surface area contributed by atoms with Crippen LogP contribution in [0.25, 0.3) is 0 Å². The molecule has 2 heterocycles. The van der Waals surface area contributed by atoms with Crippen molar-refractivity contribution >= 4 is 35.4 Å². The highest BCUT2D eigenvalue weighted by Gasteiger charge is 2.42. The fourth-order valence-electron chi connectivity index (χ4n) is 5.37. The Bertz CT molecular complexity index is 851. The maximum absolute atomic E-state index is 12.1. The highest BCUT2D eigenvalue weighted by Crippen LogP contribution is 2.40. The minimum Gasteiger partial charge on any atom is -0.379 e. The summed E-state index contributed by atoms with van der Waals surface area (Å²) in [5, 5.41) is 12.3. The van der Waals surface area contributed by atoms with Crippen LogP contribution in [-0.2, 0) is 33.4 Å². The molecule has 0 aromatic heterocycles. The van der Waals surface area contributed by atoms with Crippen molar-refractivity contribution in [2.45, 2.75) is 88.3 Å². The third-order valence-corrected chi connectivity index (χ3v) is 9.44. The normalized spacial score (nSPS) is 19.0. The first-order chi connectivity index (χ1) is 21.8. The van der Waals surface area contributed by atoms with Crippen LogP contribution in [-0.4, -0.2) is 125 Å². The number of nitrogens with one attached hydrogen (secondary N) is 4. The Morgan fingerprint density at radius 2 is 1.27 bits per heavy atom. The maximum Gasteiger partial charge on any atom is 0.220 e. The zero-order chi connectivity index (χ0) is 32.5. The SMILES string of the molecule is CN(C)CCCCNC(=O)CCCC(=O)NCCCOCCOCCOCCCNC(=O)CCCC[C@@H]1SC[C@@H]2NC(=O)C[C@@H]21. The van der Waals surface area contributed by atoms with Crippen LogP contribution >= 0.6 is 11.8 Å². The van der Waals surface area contributed by atoms with Crippen molar-refractivity contribution in [2.24, 2.45) is 5.92 Å². The van der Waals surface area contributed by atoms with Gasteiger partial charge in [-0.25, -0.2) is 0 Å². The van der Waals surface area contributed by atoms with Gasteiger partial charge in [-0.15, -0.1) is 0 Å². The fraction of sp³-hybridized carbons (Fsp3) is 0.875. The van der Waals surface area contributed by atoms with E-state index in [9.17, 15) is 19.2 Å². The molecule has 13 heteroatoms. The lowest BCUT2D eigenvalue weighted by Gasteiger charge is -2.15. The molecule has 0 bridgehead atoms. The van der Waals surface area contributed by atoms with Crippen LogP contribution in [0, 0.1) is 5.92 Å². The third kappa shape index (κ3) is 20.0. The molecule has 0 radical (unpaired) electrons. The van der Waals surface area contributed by atoms with Crippen LogP contribution in [0.5, 0.6) is 0 Å². The maximum atomic E-state index is 12.1. The summed E-state index contributed by atoms with van der Waals surface area (Å²) in [6.07, 6.45) is 8.99. The number of hydrogen-bond acceptors (Lipinski definition) is 9. The first-order valence-corrected chi connectivity index (χ1v) is 18.0. The Morgan fingerprint density at radius 1 is 0.733 bits per heavy atom. The van der Waals surface area contributed by atoms with Crippen molar-refractivity contribution in [1.82, 2.24) is 26.2 Å². The molecule has 0 aromatic carbocycles. The van der Waals surface area contributed by atoms with Gasteiger partial charge in [-0.1, -0.05) is 6.42 Å². The minimum absolute atomic E-state index is 0.00748. The summed E-state index contributed by atoms with van der Waals surface area (Å²) < 4.78 is 16.6. The summed E-state index contributed by atoms with van der Waals surface area (Å²) in [6, 6.07) is 0.361. The van der Waals surface area contributed by atoms with Crippen molar-refractivity contribution in [1.29, 1.82) is 0 Å². The van der Waals surface area contributed by atoms with Gasteiger partial charge in [0.1, 0.15) is 0 Å². The Balaban J connectivity index is 1.24. The van der Waals surface area contributed by atoms with Crippen molar-refractivity contribution in [3.63, 3.8) is 0 Å². The molecule has 3 atom stereocenters. The van der Waals surface area contributed by atoms with Gasteiger partial charge < -0.3 is 40.4 Å². The van der Waals surface area contributed by atoms with Crippen LogP contribution in [0.15, 0.2) is 0 Å². The second-order valence-electron chi connectivity index (χ2n) is 12.1. The number of amides is 4. The van der Waals surface area contributed by atoms with Crippen molar-refractivity contribution in [3.8, 4) is 0 Å². The Kier molecular flexibility index (Phi) is 22.0. The summed E-state index contributed by atoms with van der Waals surface area (Å²) in [7, 11) is 4.07. The van der Waals surface area contributed by atoms with E-state index in [0.717, 1.165) is 57.2 Å². The number of ether oxygens (including phenoxy) is 3. The quantitative estimate of drug-likeness (QED) is 0.0926. The molecule has 0 aromatic rings. The Labute approximate surface area is 274 Å². The molecule has 0 saturated carbocycles. The van der Waals surface area contributed by atoms with E-state index in [1.165, 1.54) is 0 Å². The molecule has 4 N–H and O–H groups in total. The van der Waals surface area contributed by atoms with Gasteiger partial charge >= 0.3 is 0 Å². The van der Waals surface area contributed by atoms with Gasteiger partial charge in [-0.2, -0.15) is 11.8 Å². The van der Waals surface area contributed by atoms with Crippen LogP contribution < -0.4 is 21.3 Å². The van der Waals surface area contributed by atoms with Gasteiger partial charge in [0.2, 0.25) is 23.6 Å². The van der Waals surface area contributed by atoms with E-state index in [1.54, 1.807) is 0 Å². The van der Waals surface area contributed by atoms with Gasteiger partial charge in [-0.3, -0.25) is 19.2 Å². The van der Waals surface area contributed by atoms with Gasteiger partial charge in [0.25, 0.3) is 0 Å². The van der Waals surface area contributed by atoms with E-state index in [1.807, 2.05) is 25.9 Å². The molecule has 2 rings (SSSR count). The average Bonchev–Trinajstić information content (AvgIpc) is 3.56. The first kappa shape index (κ1) is 39.2. The van der Waals surface area contributed by atoms with Crippen molar-refractivity contribution in [3.05, 3.63) is 0 Å². The first-order valence-electron chi connectivity index (χ1n) is 16.9. The Morgan fingerprint density at radius 3 is 1.84 bits per heavy atom. The highest BCUT2D eigenvalue weighted by atomic mass is 32.2. The van der Waals surface area contributed by atoms with Gasteiger partial charge in [0, 0.05) is 81.5 Å². The molecule has 2 aliphatic heterocycles. The van der Waals surface area contributed by atoms with E-state index in [0.29, 0.717) is 109 Å². The predicted octanol–water partition coefficient (Wildman–Crippen LogP) is 1.86. The molecule has 260 valence electrons. The zero-order valence-corrected chi connectivity index (χ0v) is 28.5. The van der Waals surface area contributed by atoms with E-state index >= 15 is 0 Å². The Hall–Kier alpha value is -1.93. The van der Waals surface area contributed by atoms with Crippen molar-refractivity contribution in [2.75, 3.05) is 85.7 Å². The molecule has 2 fully saturated rings. The number of nitrogens with zero attached hydrogens (tertiary/aromatic N) is 1. The molecule has 2 saturated heterocycles. The van der Waals surface area contributed by atoms with Crippen LogP contribution in [0.2, 0.25) is 0 Å². The zero-order valence-electron chi connectivity index (χ0n) is 27.7. The lowest BCUT2D eigenvalue weighted by Crippen LogP contribution is -2.29. The molecule has 0 aliphatic carbocycles. The average molecular weight is 658 g/mol. The van der Waals surface area contributed by atoms with Crippen LogP contribution in [0.3, 0.4) is 0 Å². The molecule has 12 nitrogen and oxygen atoms in total. The minimum atomic E-state index is -0.0374. The van der Waals surface area contributed by atoms with Crippen LogP contribution in [0.4, 0.5) is 0 Å². The molecule has 0 unspecified atom stereocenters. The number of thioether (sulfide) groups is 1. The molecule has 0 spiro atoms. The summed E-state index contributed by atoms with van der Waals surface area (Å²) in [5.74, 6) is 1.76. The number of unbranched alkanes of at least 4 members (excludes halogenated alkanes) is 2. The number of fused-ring (bicyclic) bond motifs is 1. The molecular formula is C32H59N5O7S. The van der Waals surface area contributed by atoms with E-state index < -0.39 is 0 Å². The summed E-state index contributed by atoms with van der Waals surface area (Å²) in [4.78, 5) is 49.5. The van der Waals surface area contributed by atoms with Crippen LogP contribution in [0.1, 0.15) is 77.0 Å². The van der Waals surface area contributed by atoms with E-state index in [4.69, 9.17) is 14.2 Å². The molecule has 4 amide bonds.